The Bertz CT molecular complexity index is 1180. The molecule has 0 bridgehead atoms. The van der Waals surface area contributed by atoms with Crippen molar-refractivity contribution < 1.29 is 0 Å². The van der Waals surface area contributed by atoms with Gasteiger partial charge in [0.2, 0.25) is 0 Å². The number of pyridine rings is 2. The van der Waals surface area contributed by atoms with E-state index >= 15 is 0 Å². The number of rotatable bonds is 6. The molecule has 0 radical (unpaired) electrons. The fourth-order valence-corrected chi connectivity index (χ4v) is 5.54. The quantitative estimate of drug-likeness (QED) is 0.355. The van der Waals surface area contributed by atoms with Gasteiger partial charge in [-0.25, -0.2) is 4.98 Å². The van der Waals surface area contributed by atoms with Gasteiger partial charge >= 0.3 is 0 Å². The van der Waals surface area contributed by atoms with Crippen LogP contribution in [0, 0.1) is 10.8 Å². The molecule has 2 aliphatic heterocycles. The number of halogens is 2. The summed E-state index contributed by atoms with van der Waals surface area (Å²) in [6, 6.07) is 9.78. The van der Waals surface area contributed by atoms with E-state index in [1.54, 1.807) is 18.6 Å². The molecule has 2 aromatic heterocycles. The lowest BCUT2D eigenvalue weighted by Gasteiger charge is -2.56. The number of aromatic nitrogens is 2. The summed E-state index contributed by atoms with van der Waals surface area (Å²) < 4.78 is 0. The maximum atomic E-state index is 8.77. The molecule has 0 saturated carbocycles. The van der Waals surface area contributed by atoms with Crippen LogP contribution in [0.25, 0.3) is 0 Å². The Morgan fingerprint density at radius 3 is 2.48 bits per heavy atom. The van der Waals surface area contributed by atoms with Gasteiger partial charge in [-0.15, -0.1) is 0 Å². The van der Waals surface area contributed by atoms with Crippen molar-refractivity contribution in [2.24, 2.45) is 5.41 Å². The summed E-state index contributed by atoms with van der Waals surface area (Å²) in [7, 11) is 0. The second kappa shape index (κ2) is 8.60. The standard InChI is InChI=1S/C25H26Cl2N6/c1-15(23-19(26)9-30-10-20(23)27)6-16-2-4-21(28)18(7-16)24(29)17-3-5-22(32-8-17)33-13-25(14-33)11-31-12-25/h2-5,7-10,15,29,31H,6,11-14,28H2,1H3/t15-/m0/s1. The van der Waals surface area contributed by atoms with Gasteiger partial charge in [0.15, 0.2) is 0 Å². The lowest BCUT2D eigenvalue weighted by molar-refractivity contribution is 0.120. The lowest BCUT2D eigenvalue weighted by atomic mass is 9.74. The van der Waals surface area contributed by atoms with E-state index in [1.165, 1.54) is 0 Å². The van der Waals surface area contributed by atoms with Crippen molar-refractivity contribution in [2.45, 2.75) is 19.3 Å². The summed E-state index contributed by atoms with van der Waals surface area (Å²) in [5, 5.41) is 13.2. The van der Waals surface area contributed by atoms with Crippen LogP contribution < -0.4 is 16.0 Å². The van der Waals surface area contributed by atoms with Crippen LogP contribution in [0.5, 0.6) is 0 Å². The Hall–Kier alpha value is -2.67. The van der Waals surface area contributed by atoms with E-state index < -0.39 is 0 Å². The van der Waals surface area contributed by atoms with Gasteiger partial charge in [0.05, 0.1) is 15.8 Å². The summed E-state index contributed by atoms with van der Waals surface area (Å²) in [6.45, 7) is 6.36. The molecule has 0 amide bonds. The summed E-state index contributed by atoms with van der Waals surface area (Å²) >= 11 is 12.7. The van der Waals surface area contributed by atoms with Crippen molar-refractivity contribution in [1.82, 2.24) is 15.3 Å². The summed E-state index contributed by atoms with van der Waals surface area (Å²) in [5.74, 6) is 1.05. The minimum atomic E-state index is 0.0882. The molecule has 2 fully saturated rings. The summed E-state index contributed by atoms with van der Waals surface area (Å²) in [5.41, 5.74) is 11.0. The maximum absolute atomic E-state index is 8.77. The van der Waals surface area contributed by atoms with Crippen molar-refractivity contribution in [2.75, 3.05) is 36.8 Å². The Kier molecular flexibility index (Phi) is 5.77. The lowest BCUT2D eigenvalue weighted by Crippen LogP contribution is -2.71. The fraction of sp³-hybridized carbons (Fsp3) is 0.320. The van der Waals surface area contributed by atoms with Gasteiger partial charge in [-0.3, -0.25) is 10.4 Å². The van der Waals surface area contributed by atoms with E-state index in [4.69, 9.17) is 34.3 Å². The van der Waals surface area contributed by atoms with Gasteiger partial charge in [0.1, 0.15) is 5.82 Å². The van der Waals surface area contributed by atoms with E-state index in [0.717, 1.165) is 48.7 Å². The summed E-state index contributed by atoms with van der Waals surface area (Å²) in [6.07, 6.45) is 5.71. The van der Waals surface area contributed by atoms with Crippen molar-refractivity contribution >= 4 is 40.4 Å². The average molecular weight is 481 g/mol. The average Bonchev–Trinajstić information content (AvgIpc) is 2.73. The third kappa shape index (κ3) is 4.19. The van der Waals surface area contributed by atoms with Gasteiger partial charge in [-0.1, -0.05) is 36.2 Å². The van der Waals surface area contributed by atoms with Gasteiger partial charge in [0.25, 0.3) is 0 Å². The number of hydrogen-bond donors (Lipinski definition) is 3. The number of benzene rings is 1. The molecule has 2 aliphatic rings. The van der Waals surface area contributed by atoms with E-state index in [0.29, 0.717) is 38.8 Å². The number of nitrogens with zero attached hydrogens (tertiary/aromatic N) is 3. The highest BCUT2D eigenvalue weighted by Gasteiger charge is 2.47. The molecule has 2 saturated heterocycles. The zero-order valence-corrected chi connectivity index (χ0v) is 19.9. The van der Waals surface area contributed by atoms with Gasteiger partial charge in [-0.2, -0.15) is 0 Å². The molecule has 0 unspecified atom stereocenters. The molecule has 6 nitrogen and oxygen atoms in total. The number of anilines is 2. The van der Waals surface area contributed by atoms with Crippen LogP contribution in [0.4, 0.5) is 11.5 Å². The van der Waals surface area contributed by atoms with Crippen LogP contribution in [0.2, 0.25) is 10.0 Å². The van der Waals surface area contributed by atoms with E-state index in [9.17, 15) is 0 Å². The van der Waals surface area contributed by atoms with E-state index in [1.807, 2.05) is 30.3 Å². The Balaban J connectivity index is 1.32. The molecule has 170 valence electrons. The SMILES string of the molecule is C[C@@H](Cc1ccc(N)c(C(=N)c2ccc(N3CC4(CNC4)C3)nc2)c1)c1c(Cl)cncc1Cl. The first kappa shape index (κ1) is 22.1. The molecule has 0 aliphatic carbocycles. The number of nitrogen functional groups attached to an aromatic ring is 1. The van der Waals surface area contributed by atoms with Gasteiger partial charge < -0.3 is 16.0 Å². The van der Waals surface area contributed by atoms with Crippen LogP contribution >= 0.6 is 23.2 Å². The molecule has 33 heavy (non-hydrogen) atoms. The highest BCUT2D eigenvalue weighted by molar-refractivity contribution is 6.35. The molecule has 1 aromatic carbocycles. The summed E-state index contributed by atoms with van der Waals surface area (Å²) in [4.78, 5) is 10.9. The first-order valence-electron chi connectivity index (χ1n) is 11.0. The minimum absolute atomic E-state index is 0.0882. The normalized spacial score (nSPS) is 17.4. The van der Waals surface area contributed by atoms with Crippen molar-refractivity contribution in [3.63, 3.8) is 0 Å². The van der Waals surface area contributed by atoms with Gasteiger partial charge in [-0.05, 0) is 47.7 Å². The monoisotopic (exact) mass is 480 g/mol. The third-order valence-electron chi connectivity index (χ3n) is 6.73. The van der Waals surface area contributed by atoms with Crippen molar-refractivity contribution in [3.8, 4) is 0 Å². The molecule has 4 N–H and O–H groups in total. The van der Waals surface area contributed by atoms with E-state index in [2.05, 4.69) is 27.1 Å². The predicted molar refractivity (Wildman–Crippen MR) is 135 cm³/mol. The van der Waals surface area contributed by atoms with Crippen LogP contribution in [-0.2, 0) is 6.42 Å². The Morgan fingerprint density at radius 2 is 1.88 bits per heavy atom. The van der Waals surface area contributed by atoms with Crippen LogP contribution in [0.3, 0.4) is 0 Å². The largest absolute Gasteiger partial charge is 0.398 e. The molecule has 8 heteroatoms. The molecule has 1 spiro atoms. The fourth-order valence-electron chi connectivity index (χ4n) is 4.80. The molecular weight excluding hydrogens is 455 g/mol. The van der Waals surface area contributed by atoms with Crippen molar-refractivity contribution in [3.05, 3.63) is 81.2 Å². The Morgan fingerprint density at radius 1 is 1.15 bits per heavy atom. The van der Waals surface area contributed by atoms with Crippen molar-refractivity contribution in [1.29, 1.82) is 5.41 Å². The molecule has 5 rings (SSSR count). The third-order valence-corrected chi connectivity index (χ3v) is 7.33. The zero-order chi connectivity index (χ0) is 23.2. The van der Waals surface area contributed by atoms with Crippen LogP contribution in [0.1, 0.15) is 35.1 Å². The highest BCUT2D eigenvalue weighted by Crippen LogP contribution is 2.37. The highest BCUT2D eigenvalue weighted by atomic mass is 35.5. The Labute approximate surface area is 203 Å². The van der Waals surface area contributed by atoms with E-state index in [-0.39, 0.29) is 5.92 Å². The second-order valence-corrected chi connectivity index (χ2v) is 10.1. The minimum Gasteiger partial charge on any atom is -0.398 e. The zero-order valence-electron chi connectivity index (χ0n) is 18.4. The topological polar surface area (TPSA) is 90.9 Å². The number of hydrogen-bond acceptors (Lipinski definition) is 6. The second-order valence-electron chi connectivity index (χ2n) is 9.28. The molecular formula is C25H26Cl2N6. The smallest absolute Gasteiger partial charge is 0.128 e. The number of nitrogens with two attached hydrogens (primary N) is 1. The molecule has 4 heterocycles. The number of nitrogens with one attached hydrogen (secondary N) is 2. The van der Waals surface area contributed by atoms with Crippen LogP contribution in [0.15, 0.2) is 48.9 Å². The van der Waals surface area contributed by atoms with Crippen LogP contribution in [-0.4, -0.2) is 41.9 Å². The van der Waals surface area contributed by atoms with Gasteiger partial charge in [0, 0.05) is 67.0 Å². The molecule has 1 atom stereocenters. The first-order chi connectivity index (χ1) is 15.8. The maximum Gasteiger partial charge on any atom is 0.128 e. The predicted octanol–water partition coefficient (Wildman–Crippen LogP) is 4.54. The molecule has 3 aromatic rings. The first-order valence-corrected chi connectivity index (χ1v) is 11.8.